The molecule has 0 nitrogen and oxygen atoms in total. The monoisotopic (exact) mass is 228 g/mol. The molecule has 16 heavy (non-hydrogen) atoms. The molecule has 2 aromatic carbocycles. The average molecular weight is 228 g/mol. The second-order valence-corrected chi connectivity index (χ2v) is 5.02. The molecule has 0 aliphatic heterocycles. The average Bonchev–Trinajstić information content (AvgIpc) is 2.30. The summed E-state index contributed by atoms with van der Waals surface area (Å²) in [4.78, 5) is 1.34. The molecule has 0 amide bonds. The van der Waals surface area contributed by atoms with Gasteiger partial charge in [-0.1, -0.05) is 36.4 Å². The van der Waals surface area contributed by atoms with E-state index in [0.717, 1.165) is 5.75 Å². The highest BCUT2D eigenvalue weighted by atomic mass is 32.2. The Morgan fingerprint density at radius 3 is 2.06 bits per heavy atom. The van der Waals surface area contributed by atoms with Crippen LogP contribution in [0.1, 0.15) is 16.7 Å². The van der Waals surface area contributed by atoms with Gasteiger partial charge in [0.05, 0.1) is 0 Å². The van der Waals surface area contributed by atoms with Crippen molar-refractivity contribution in [1.29, 1.82) is 0 Å². The largest absolute Gasteiger partial charge is 0.121 e. The van der Waals surface area contributed by atoms with E-state index in [4.69, 9.17) is 0 Å². The molecule has 0 radical (unpaired) electrons. The van der Waals surface area contributed by atoms with Crippen LogP contribution in [-0.2, 0) is 5.75 Å². The van der Waals surface area contributed by atoms with Gasteiger partial charge in [0.2, 0.25) is 0 Å². The Hall–Kier alpha value is -1.21. The van der Waals surface area contributed by atoms with E-state index in [0.29, 0.717) is 0 Å². The molecule has 0 aliphatic carbocycles. The molecule has 0 spiro atoms. The number of hydrogen-bond donors (Lipinski definition) is 0. The SMILES string of the molecule is Cc1cccc(C)c1CSc1ccccc1. The Kier molecular flexibility index (Phi) is 3.68. The van der Waals surface area contributed by atoms with Crippen LogP contribution in [0.5, 0.6) is 0 Å². The van der Waals surface area contributed by atoms with Crippen LogP contribution in [0.15, 0.2) is 53.4 Å². The predicted molar refractivity (Wildman–Crippen MR) is 71.9 cm³/mol. The fourth-order valence-corrected chi connectivity index (χ4v) is 2.86. The Morgan fingerprint density at radius 1 is 0.812 bits per heavy atom. The van der Waals surface area contributed by atoms with E-state index in [1.807, 2.05) is 11.8 Å². The molecular formula is C15H16S. The van der Waals surface area contributed by atoms with E-state index in [1.165, 1.54) is 21.6 Å². The van der Waals surface area contributed by atoms with E-state index in [1.54, 1.807) is 0 Å². The standard InChI is InChI=1S/C15H16S/c1-12-7-6-8-13(2)15(12)11-16-14-9-4-3-5-10-14/h3-10H,11H2,1-2H3. The minimum Gasteiger partial charge on any atom is -0.121 e. The zero-order chi connectivity index (χ0) is 11.4. The predicted octanol–water partition coefficient (Wildman–Crippen LogP) is 4.60. The molecule has 0 fully saturated rings. The van der Waals surface area contributed by atoms with Crippen molar-refractivity contribution in [2.45, 2.75) is 24.5 Å². The highest BCUT2D eigenvalue weighted by molar-refractivity contribution is 7.98. The molecule has 0 unspecified atom stereocenters. The van der Waals surface area contributed by atoms with E-state index in [2.05, 4.69) is 62.4 Å². The fourth-order valence-electron chi connectivity index (χ4n) is 1.75. The minimum absolute atomic E-state index is 1.06. The van der Waals surface area contributed by atoms with Crippen LogP contribution >= 0.6 is 11.8 Å². The molecule has 0 bridgehead atoms. The van der Waals surface area contributed by atoms with Crippen molar-refractivity contribution >= 4 is 11.8 Å². The van der Waals surface area contributed by atoms with Crippen molar-refractivity contribution < 1.29 is 0 Å². The number of benzene rings is 2. The Balaban J connectivity index is 2.11. The third kappa shape index (κ3) is 2.67. The first-order valence-corrected chi connectivity index (χ1v) is 6.49. The second kappa shape index (κ2) is 5.22. The fraction of sp³-hybridized carbons (Fsp3) is 0.200. The maximum Gasteiger partial charge on any atom is 0.0237 e. The van der Waals surface area contributed by atoms with Crippen molar-refractivity contribution in [3.8, 4) is 0 Å². The molecule has 2 aromatic rings. The summed E-state index contributed by atoms with van der Waals surface area (Å²) >= 11 is 1.90. The molecule has 0 atom stereocenters. The lowest BCUT2D eigenvalue weighted by Crippen LogP contribution is -1.90. The van der Waals surface area contributed by atoms with Gasteiger partial charge in [-0.15, -0.1) is 11.8 Å². The quantitative estimate of drug-likeness (QED) is 0.692. The molecule has 0 aromatic heterocycles. The second-order valence-electron chi connectivity index (χ2n) is 3.97. The molecule has 82 valence electrons. The zero-order valence-electron chi connectivity index (χ0n) is 9.73. The normalized spacial score (nSPS) is 10.4. The smallest absolute Gasteiger partial charge is 0.0237 e. The van der Waals surface area contributed by atoms with Crippen molar-refractivity contribution in [2.75, 3.05) is 0 Å². The summed E-state index contributed by atoms with van der Waals surface area (Å²) in [6, 6.07) is 17.1. The number of rotatable bonds is 3. The first-order chi connectivity index (χ1) is 7.77. The molecule has 0 saturated carbocycles. The first kappa shape index (κ1) is 11.3. The van der Waals surface area contributed by atoms with E-state index >= 15 is 0 Å². The highest BCUT2D eigenvalue weighted by Gasteiger charge is 2.02. The van der Waals surface area contributed by atoms with Crippen LogP contribution in [0.4, 0.5) is 0 Å². The van der Waals surface area contributed by atoms with Crippen molar-refractivity contribution in [2.24, 2.45) is 0 Å². The summed E-state index contributed by atoms with van der Waals surface area (Å²) in [7, 11) is 0. The van der Waals surface area contributed by atoms with Gasteiger partial charge < -0.3 is 0 Å². The topological polar surface area (TPSA) is 0 Å². The third-order valence-electron chi connectivity index (χ3n) is 2.77. The lowest BCUT2D eigenvalue weighted by Gasteiger charge is -2.09. The summed E-state index contributed by atoms with van der Waals surface area (Å²) in [5.41, 5.74) is 4.25. The van der Waals surface area contributed by atoms with Crippen LogP contribution in [0.3, 0.4) is 0 Å². The highest BCUT2D eigenvalue weighted by Crippen LogP contribution is 2.25. The van der Waals surface area contributed by atoms with Gasteiger partial charge in [-0.05, 0) is 42.7 Å². The number of hydrogen-bond acceptors (Lipinski definition) is 1. The summed E-state index contributed by atoms with van der Waals surface area (Å²) in [5.74, 6) is 1.06. The van der Waals surface area contributed by atoms with Gasteiger partial charge in [0.15, 0.2) is 0 Å². The maximum atomic E-state index is 2.19. The summed E-state index contributed by atoms with van der Waals surface area (Å²) in [6.07, 6.45) is 0. The Bertz CT molecular complexity index is 440. The molecular weight excluding hydrogens is 212 g/mol. The minimum atomic E-state index is 1.06. The van der Waals surface area contributed by atoms with Crippen LogP contribution in [0.2, 0.25) is 0 Å². The molecule has 0 N–H and O–H groups in total. The Morgan fingerprint density at radius 2 is 1.44 bits per heavy atom. The lowest BCUT2D eigenvalue weighted by molar-refractivity contribution is 1.24. The van der Waals surface area contributed by atoms with Crippen LogP contribution in [-0.4, -0.2) is 0 Å². The van der Waals surface area contributed by atoms with Gasteiger partial charge in [0.25, 0.3) is 0 Å². The lowest BCUT2D eigenvalue weighted by atomic mass is 10.1. The zero-order valence-corrected chi connectivity index (χ0v) is 10.6. The summed E-state index contributed by atoms with van der Waals surface area (Å²) in [5, 5.41) is 0. The summed E-state index contributed by atoms with van der Waals surface area (Å²) < 4.78 is 0. The Labute approximate surface area is 102 Å². The van der Waals surface area contributed by atoms with Gasteiger partial charge in [-0.3, -0.25) is 0 Å². The molecule has 0 saturated heterocycles. The third-order valence-corrected chi connectivity index (χ3v) is 3.81. The molecule has 0 aliphatic rings. The van der Waals surface area contributed by atoms with Crippen LogP contribution in [0, 0.1) is 13.8 Å². The maximum absolute atomic E-state index is 2.19. The molecule has 2 rings (SSSR count). The summed E-state index contributed by atoms with van der Waals surface area (Å²) in [6.45, 7) is 4.38. The van der Waals surface area contributed by atoms with Crippen LogP contribution < -0.4 is 0 Å². The molecule has 0 heterocycles. The van der Waals surface area contributed by atoms with E-state index in [-0.39, 0.29) is 0 Å². The van der Waals surface area contributed by atoms with Gasteiger partial charge in [0, 0.05) is 10.6 Å². The van der Waals surface area contributed by atoms with E-state index in [9.17, 15) is 0 Å². The number of thioether (sulfide) groups is 1. The van der Waals surface area contributed by atoms with Gasteiger partial charge in [-0.2, -0.15) is 0 Å². The van der Waals surface area contributed by atoms with Gasteiger partial charge in [0.1, 0.15) is 0 Å². The van der Waals surface area contributed by atoms with Crippen molar-refractivity contribution in [1.82, 2.24) is 0 Å². The molecule has 1 heteroatoms. The van der Waals surface area contributed by atoms with Gasteiger partial charge in [-0.25, -0.2) is 0 Å². The number of aryl methyl sites for hydroxylation is 2. The van der Waals surface area contributed by atoms with Crippen LogP contribution in [0.25, 0.3) is 0 Å². The van der Waals surface area contributed by atoms with E-state index < -0.39 is 0 Å². The first-order valence-electron chi connectivity index (χ1n) is 5.50. The van der Waals surface area contributed by atoms with Gasteiger partial charge >= 0.3 is 0 Å². The van der Waals surface area contributed by atoms with Crippen molar-refractivity contribution in [3.63, 3.8) is 0 Å². The van der Waals surface area contributed by atoms with Crippen molar-refractivity contribution in [3.05, 3.63) is 65.2 Å².